The largest absolute Gasteiger partial charge is 0.487 e. The van der Waals surface area contributed by atoms with Crippen LogP contribution in [0.2, 0.25) is 0 Å². The fourth-order valence-electron chi connectivity index (χ4n) is 2.46. The number of benzene rings is 1. The normalized spacial score (nSPS) is 18.1. The predicted octanol–water partition coefficient (Wildman–Crippen LogP) is 3.16. The van der Waals surface area contributed by atoms with E-state index in [1.807, 2.05) is 10.9 Å². The van der Waals surface area contributed by atoms with Crippen LogP contribution in [0.15, 0.2) is 36.7 Å². The molecule has 106 valence electrons. The topological polar surface area (TPSA) is 36.3 Å². The minimum atomic E-state index is 0.0161. The average Bonchev–Trinajstić information content (AvgIpc) is 2.94. The first-order chi connectivity index (χ1) is 9.74. The molecule has 1 aliphatic rings. The molecule has 0 amide bonds. The molecule has 1 aromatic carbocycles. The van der Waals surface area contributed by atoms with Gasteiger partial charge in [-0.2, -0.15) is 5.10 Å². The van der Waals surface area contributed by atoms with E-state index in [0.29, 0.717) is 12.6 Å². The molecule has 4 nitrogen and oxygen atoms in total. The highest BCUT2D eigenvalue weighted by Gasteiger charge is 2.21. The van der Waals surface area contributed by atoms with Crippen LogP contribution in [0.25, 0.3) is 0 Å². The van der Waals surface area contributed by atoms with Crippen molar-refractivity contribution >= 4 is 0 Å². The molecular formula is C16H20N2O2. The van der Waals surface area contributed by atoms with E-state index in [1.165, 1.54) is 11.1 Å². The molecule has 1 aromatic heterocycles. The summed E-state index contributed by atoms with van der Waals surface area (Å²) in [7, 11) is 0. The third-order valence-electron chi connectivity index (χ3n) is 3.60. The molecule has 4 heteroatoms. The lowest BCUT2D eigenvalue weighted by atomic mass is 9.98. The first-order valence-corrected chi connectivity index (χ1v) is 7.10. The summed E-state index contributed by atoms with van der Waals surface area (Å²) in [5, 5.41) is 4.27. The summed E-state index contributed by atoms with van der Waals surface area (Å²) in [4.78, 5) is 0. The summed E-state index contributed by atoms with van der Waals surface area (Å²) in [5.74, 6) is 0.797. The van der Waals surface area contributed by atoms with Gasteiger partial charge in [0.15, 0.2) is 5.75 Å². The van der Waals surface area contributed by atoms with Crippen LogP contribution in [0.3, 0.4) is 0 Å². The van der Waals surface area contributed by atoms with Crippen molar-refractivity contribution in [1.82, 2.24) is 9.78 Å². The molecule has 0 N–H and O–H groups in total. The standard InChI is InChI=1S/C16H20N2O2/c1-12(2)18-10-14(9-17-18)20-11-16-15-6-4-3-5-13(15)7-8-19-16/h3-6,9-10,12,16H,7-8,11H2,1-2H3. The molecule has 1 atom stereocenters. The Kier molecular flexibility index (Phi) is 3.74. The maximum atomic E-state index is 5.83. The molecule has 2 heterocycles. The SMILES string of the molecule is CC(C)n1cc(OCC2OCCc3ccccc32)cn1. The molecule has 1 unspecified atom stereocenters. The molecule has 2 aromatic rings. The molecule has 3 rings (SSSR count). The summed E-state index contributed by atoms with van der Waals surface area (Å²) in [6.45, 7) is 5.48. The number of hydrogen-bond acceptors (Lipinski definition) is 3. The summed E-state index contributed by atoms with van der Waals surface area (Å²) >= 11 is 0. The number of hydrogen-bond donors (Lipinski definition) is 0. The van der Waals surface area contributed by atoms with Gasteiger partial charge in [0.05, 0.1) is 19.0 Å². The van der Waals surface area contributed by atoms with Gasteiger partial charge in [-0.1, -0.05) is 24.3 Å². The Labute approximate surface area is 119 Å². The van der Waals surface area contributed by atoms with Crippen LogP contribution in [0.4, 0.5) is 0 Å². The fraction of sp³-hybridized carbons (Fsp3) is 0.438. The van der Waals surface area contributed by atoms with Crippen LogP contribution in [0.5, 0.6) is 5.75 Å². The van der Waals surface area contributed by atoms with Gasteiger partial charge in [0, 0.05) is 6.04 Å². The van der Waals surface area contributed by atoms with Crippen molar-refractivity contribution in [2.45, 2.75) is 32.4 Å². The van der Waals surface area contributed by atoms with Gasteiger partial charge in [0.1, 0.15) is 12.7 Å². The quantitative estimate of drug-likeness (QED) is 0.857. The Bertz CT molecular complexity index is 577. The number of aromatic nitrogens is 2. The van der Waals surface area contributed by atoms with E-state index in [-0.39, 0.29) is 6.10 Å². The third kappa shape index (κ3) is 2.70. The zero-order chi connectivity index (χ0) is 13.9. The fourth-order valence-corrected chi connectivity index (χ4v) is 2.46. The van der Waals surface area contributed by atoms with Crippen LogP contribution >= 0.6 is 0 Å². The molecule has 20 heavy (non-hydrogen) atoms. The highest BCUT2D eigenvalue weighted by Crippen LogP contribution is 2.27. The lowest BCUT2D eigenvalue weighted by molar-refractivity contribution is 0.0102. The summed E-state index contributed by atoms with van der Waals surface area (Å²) < 4.78 is 13.5. The van der Waals surface area contributed by atoms with Crippen molar-refractivity contribution in [3.05, 3.63) is 47.8 Å². The van der Waals surface area contributed by atoms with Crippen LogP contribution in [0, 0.1) is 0 Å². The lowest BCUT2D eigenvalue weighted by Crippen LogP contribution is -2.21. The smallest absolute Gasteiger partial charge is 0.157 e. The van der Waals surface area contributed by atoms with Crippen molar-refractivity contribution < 1.29 is 9.47 Å². The lowest BCUT2D eigenvalue weighted by Gasteiger charge is -2.25. The molecule has 1 aliphatic heterocycles. The second kappa shape index (κ2) is 5.67. The van der Waals surface area contributed by atoms with Gasteiger partial charge in [-0.05, 0) is 31.4 Å². The van der Waals surface area contributed by atoms with Gasteiger partial charge in [-0.15, -0.1) is 0 Å². The molecule has 0 saturated carbocycles. The van der Waals surface area contributed by atoms with Gasteiger partial charge >= 0.3 is 0 Å². The summed E-state index contributed by atoms with van der Waals surface area (Å²) in [5.41, 5.74) is 2.61. The summed E-state index contributed by atoms with van der Waals surface area (Å²) in [6.07, 6.45) is 4.69. The number of ether oxygens (including phenoxy) is 2. The van der Waals surface area contributed by atoms with Crippen molar-refractivity contribution in [3.8, 4) is 5.75 Å². The molecule has 0 aliphatic carbocycles. The van der Waals surface area contributed by atoms with Gasteiger partial charge in [0.2, 0.25) is 0 Å². The molecule has 0 fully saturated rings. The Morgan fingerprint density at radius 2 is 2.25 bits per heavy atom. The van der Waals surface area contributed by atoms with E-state index < -0.39 is 0 Å². The van der Waals surface area contributed by atoms with E-state index in [2.05, 4.69) is 43.2 Å². The number of rotatable bonds is 4. The molecular weight excluding hydrogens is 252 g/mol. The predicted molar refractivity (Wildman–Crippen MR) is 76.9 cm³/mol. The second-order valence-corrected chi connectivity index (χ2v) is 5.37. The van der Waals surface area contributed by atoms with Crippen LogP contribution < -0.4 is 4.74 Å². The van der Waals surface area contributed by atoms with Crippen molar-refractivity contribution in [2.24, 2.45) is 0 Å². The first-order valence-electron chi connectivity index (χ1n) is 7.10. The van der Waals surface area contributed by atoms with Gasteiger partial charge in [0.25, 0.3) is 0 Å². The zero-order valence-electron chi connectivity index (χ0n) is 12.0. The Hall–Kier alpha value is -1.81. The molecule has 0 radical (unpaired) electrons. The van der Waals surface area contributed by atoms with Gasteiger partial charge in [-0.3, -0.25) is 4.68 Å². The number of nitrogens with zero attached hydrogens (tertiary/aromatic N) is 2. The maximum absolute atomic E-state index is 5.83. The van der Waals surface area contributed by atoms with E-state index in [9.17, 15) is 0 Å². The molecule has 0 bridgehead atoms. The Morgan fingerprint density at radius 3 is 3.05 bits per heavy atom. The third-order valence-corrected chi connectivity index (χ3v) is 3.60. The average molecular weight is 272 g/mol. The highest BCUT2D eigenvalue weighted by atomic mass is 16.5. The highest BCUT2D eigenvalue weighted by molar-refractivity contribution is 5.31. The minimum Gasteiger partial charge on any atom is -0.487 e. The van der Waals surface area contributed by atoms with Gasteiger partial charge in [-0.25, -0.2) is 0 Å². The van der Waals surface area contributed by atoms with Crippen molar-refractivity contribution in [2.75, 3.05) is 13.2 Å². The van der Waals surface area contributed by atoms with Crippen molar-refractivity contribution in [3.63, 3.8) is 0 Å². The van der Waals surface area contributed by atoms with Crippen LogP contribution in [0.1, 0.15) is 37.1 Å². The Morgan fingerprint density at radius 1 is 1.40 bits per heavy atom. The number of fused-ring (bicyclic) bond motifs is 1. The van der Waals surface area contributed by atoms with Crippen molar-refractivity contribution in [1.29, 1.82) is 0 Å². The monoisotopic (exact) mass is 272 g/mol. The zero-order valence-corrected chi connectivity index (χ0v) is 12.0. The first kappa shape index (κ1) is 13.2. The van der Waals surface area contributed by atoms with Gasteiger partial charge < -0.3 is 9.47 Å². The van der Waals surface area contributed by atoms with E-state index in [0.717, 1.165) is 18.8 Å². The second-order valence-electron chi connectivity index (χ2n) is 5.37. The minimum absolute atomic E-state index is 0.0161. The maximum Gasteiger partial charge on any atom is 0.157 e. The van der Waals surface area contributed by atoms with E-state index in [4.69, 9.17) is 9.47 Å². The van der Waals surface area contributed by atoms with E-state index >= 15 is 0 Å². The molecule has 0 saturated heterocycles. The van der Waals surface area contributed by atoms with E-state index in [1.54, 1.807) is 6.20 Å². The van der Waals surface area contributed by atoms with Crippen LogP contribution in [-0.4, -0.2) is 23.0 Å². The summed E-state index contributed by atoms with van der Waals surface area (Å²) in [6, 6.07) is 8.77. The van der Waals surface area contributed by atoms with Crippen LogP contribution in [-0.2, 0) is 11.2 Å². The molecule has 0 spiro atoms. The Balaban J connectivity index is 1.67.